The van der Waals surface area contributed by atoms with E-state index in [9.17, 15) is 4.79 Å². The fourth-order valence-corrected chi connectivity index (χ4v) is 2.33. The van der Waals surface area contributed by atoms with Gasteiger partial charge in [0.2, 0.25) is 5.76 Å². The number of likely N-dealkylation sites (tertiary alicyclic amines) is 1. The maximum absolute atomic E-state index is 12.2. The van der Waals surface area contributed by atoms with Crippen molar-refractivity contribution in [3.05, 3.63) is 12.0 Å². The third kappa shape index (κ3) is 4.38. The summed E-state index contributed by atoms with van der Waals surface area (Å²) in [4.78, 5) is 14.0. The molecule has 2 heterocycles. The van der Waals surface area contributed by atoms with Crippen LogP contribution < -0.4 is 0 Å². The van der Waals surface area contributed by atoms with Gasteiger partial charge in [-0.05, 0) is 18.8 Å². The zero-order valence-corrected chi connectivity index (χ0v) is 12.0. The number of carbonyl (C=O) groups is 1. The molecule has 2 aliphatic rings. The molecular formula is C14H23NO5. The van der Waals surface area contributed by atoms with Gasteiger partial charge >= 0.3 is 0 Å². The Bertz CT molecular complexity index is 336. The first kappa shape index (κ1) is 15.1. The molecule has 1 saturated heterocycles. The number of rotatable bonds is 6. The maximum Gasteiger partial charge on any atom is 0.292 e. The Labute approximate surface area is 119 Å². The summed E-state index contributed by atoms with van der Waals surface area (Å²) in [5, 5.41) is 0. The molecule has 0 aromatic heterocycles. The molecule has 0 N–H and O–H groups in total. The van der Waals surface area contributed by atoms with Crippen LogP contribution in [0.2, 0.25) is 0 Å². The molecule has 0 aromatic rings. The number of hydrogen-bond donors (Lipinski definition) is 0. The molecule has 1 amide bonds. The molecule has 114 valence electrons. The lowest BCUT2D eigenvalue weighted by molar-refractivity contribution is -0.134. The van der Waals surface area contributed by atoms with E-state index < -0.39 is 0 Å². The molecule has 1 fully saturated rings. The Morgan fingerprint density at radius 2 is 2.15 bits per heavy atom. The number of amides is 1. The standard InChI is InChI=1S/C14H23NO5/c1-17-6-7-18-10-12-2-4-15(5-3-12)14(16)13-11-19-8-9-20-13/h11-12H,2-10H2,1H3. The van der Waals surface area contributed by atoms with Gasteiger partial charge in [-0.15, -0.1) is 0 Å². The van der Waals surface area contributed by atoms with Crippen LogP contribution in [0.25, 0.3) is 0 Å². The van der Waals surface area contributed by atoms with Crippen molar-refractivity contribution in [1.29, 1.82) is 0 Å². The van der Waals surface area contributed by atoms with Crippen LogP contribution >= 0.6 is 0 Å². The van der Waals surface area contributed by atoms with E-state index in [1.165, 1.54) is 6.26 Å². The van der Waals surface area contributed by atoms with Gasteiger partial charge in [0, 0.05) is 26.8 Å². The lowest BCUT2D eigenvalue weighted by atomic mass is 9.97. The predicted octanol–water partition coefficient (Wildman–Crippen LogP) is 0.776. The Morgan fingerprint density at radius 3 is 2.80 bits per heavy atom. The molecule has 2 rings (SSSR count). The highest BCUT2D eigenvalue weighted by molar-refractivity contribution is 5.91. The van der Waals surface area contributed by atoms with E-state index in [0.717, 1.165) is 32.5 Å². The molecule has 0 bridgehead atoms. The predicted molar refractivity (Wildman–Crippen MR) is 72.0 cm³/mol. The maximum atomic E-state index is 12.2. The fraction of sp³-hybridized carbons (Fsp3) is 0.786. The second-order valence-corrected chi connectivity index (χ2v) is 5.00. The minimum atomic E-state index is -0.0662. The zero-order valence-electron chi connectivity index (χ0n) is 12.0. The van der Waals surface area contributed by atoms with E-state index in [1.54, 1.807) is 7.11 Å². The van der Waals surface area contributed by atoms with Crippen molar-refractivity contribution >= 4 is 5.91 Å². The molecule has 0 aliphatic carbocycles. The van der Waals surface area contributed by atoms with E-state index in [2.05, 4.69) is 0 Å². The van der Waals surface area contributed by atoms with Crippen LogP contribution in [0.5, 0.6) is 0 Å². The highest BCUT2D eigenvalue weighted by atomic mass is 16.6. The molecular weight excluding hydrogens is 262 g/mol. The summed E-state index contributed by atoms with van der Waals surface area (Å²) in [6.07, 6.45) is 3.35. The van der Waals surface area contributed by atoms with Crippen LogP contribution in [-0.2, 0) is 23.7 Å². The van der Waals surface area contributed by atoms with Crippen molar-refractivity contribution in [2.75, 3.05) is 53.2 Å². The summed E-state index contributed by atoms with van der Waals surface area (Å²) in [5.74, 6) is 0.780. The molecule has 0 saturated carbocycles. The van der Waals surface area contributed by atoms with Crippen molar-refractivity contribution in [1.82, 2.24) is 4.90 Å². The number of nitrogens with zero attached hydrogens (tertiary/aromatic N) is 1. The van der Waals surface area contributed by atoms with Gasteiger partial charge in [0.15, 0.2) is 0 Å². The zero-order chi connectivity index (χ0) is 14.2. The highest BCUT2D eigenvalue weighted by Crippen LogP contribution is 2.20. The normalized spacial score (nSPS) is 20.1. The molecule has 6 heteroatoms. The largest absolute Gasteiger partial charge is 0.494 e. The van der Waals surface area contributed by atoms with Crippen molar-refractivity contribution in [2.45, 2.75) is 12.8 Å². The first-order valence-electron chi connectivity index (χ1n) is 7.12. The van der Waals surface area contributed by atoms with Crippen LogP contribution in [0.4, 0.5) is 0 Å². The molecule has 20 heavy (non-hydrogen) atoms. The van der Waals surface area contributed by atoms with E-state index >= 15 is 0 Å². The minimum Gasteiger partial charge on any atom is -0.494 e. The van der Waals surface area contributed by atoms with Crippen LogP contribution in [0.1, 0.15) is 12.8 Å². The summed E-state index contributed by atoms with van der Waals surface area (Å²) in [7, 11) is 1.67. The Balaban J connectivity index is 1.68. The molecule has 6 nitrogen and oxygen atoms in total. The SMILES string of the molecule is COCCOCC1CCN(C(=O)C2=COCCO2)CC1. The summed E-state index contributed by atoms with van der Waals surface area (Å²) in [5.41, 5.74) is 0. The van der Waals surface area contributed by atoms with Crippen molar-refractivity contribution < 1.29 is 23.7 Å². The quantitative estimate of drug-likeness (QED) is 0.675. The molecule has 0 spiro atoms. The number of ether oxygens (including phenoxy) is 4. The third-order valence-electron chi connectivity index (χ3n) is 3.55. The Kier molecular flexibility index (Phi) is 6.14. The Hall–Kier alpha value is -1.27. The van der Waals surface area contributed by atoms with E-state index in [0.29, 0.717) is 38.1 Å². The van der Waals surface area contributed by atoms with Crippen LogP contribution in [0.3, 0.4) is 0 Å². The number of methoxy groups -OCH3 is 1. The number of piperidine rings is 1. The third-order valence-corrected chi connectivity index (χ3v) is 3.55. The van der Waals surface area contributed by atoms with Crippen LogP contribution in [0, 0.1) is 5.92 Å². The van der Waals surface area contributed by atoms with E-state index in [-0.39, 0.29) is 5.91 Å². The number of hydrogen-bond acceptors (Lipinski definition) is 5. The summed E-state index contributed by atoms with van der Waals surface area (Å²) >= 11 is 0. The van der Waals surface area contributed by atoms with Crippen molar-refractivity contribution in [3.63, 3.8) is 0 Å². The van der Waals surface area contributed by atoms with Gasteiger partial charge in [0.25, 0.3) is 5.91 Å². The lowest BCUT2D eigenvalue weighted by Gasteiger charge is -2.32. The topological polar surface area (TPSA) is 57.2 Å². The molecule has 0 unspecified atom stereocenters. The van der Waals surface area contributed by atoms with Crippen LogP contribution in [0.15, 0.2) is 12.0 Å². The Morgan fingerprint density at radius 1 is 1.35 bits per heavy atom. The average molecular weight is 285 g/mol. The van der Waals surface area contributed by atoms with Gasteiger partial charge in [-0.3, -0.25) is 4.79 Å². The monoisotopic (exact) mass is 285 g/mol. The van der Waals surface area contributed by atoms with Crippen molar-refractivity contribution in [2.24, 2.45) is 5.92 Å². The first-order chi connectivity index (χ1) is 9.81. The molecule has 0 atom stereocenters. The minimum absolute atomic E-state index is 0.0662. The first-order valence-corrected chi connectivity index (χ1v) is 7.12. The second kappa shape index (κ2) is 8.11. The van der Waals surface area contributed by atoms with E-state index in [4.69, 9.17) is 18.9 Å². The van der Waals surface area contributed by atoms with Gasteiger partial charge in [-0.2, -0.15) is 0 Å². The fourth-order valence-electron chi connectivity index (χ4n) is 2.33. The molecule has 2 aliphatic heterocycles. The average Bonchev–Trinajstić information content (AvgIpc) is 2.52. The van der Waals surface area contributed by atoms with Gasteiger partial charge in [0.1, 0.15) is 19.5 Å². The second-order valence-electron chi connectivity index (χ2n) is 5.00. The van der Waals surface area contributed by atoms with Gasteiger partial charge in [-0.1, -0.05) is 0 Å². The van der Waals surface area contributed by atoms with Crippen molar-refractivity contribution in [3.8, 4) is 0 Å². The smallest absolute Gasteiger partial charge is 0.292 e. The van der Waals surface area contributed by atoms with Gasteiger partial charge in [0.05, 0.1) is 13.2 Å². The highest BCUT2D eigenvalue weighted by Gasteiger charge is 2.26. The summed E-state index contributed by atoms with van der Waals surface area (Å²) in [6.45, 7) is 4.46. The molecule has 0 radical (unpaired) electrons. The number of carbonyl (C=O) groups excluding carboxylic acids is 1. The lowest BCUT2D eigenvalue weighted by Crippen LogP contribution is -2.41. The van der Waals surface area contributed by atoms with Gasteiger partial charge < -0.3 is 23.8 Å². The molecule has 0 aromatic carbocycles. The summed E-state index contributed by atoms with van der Waals surface area (Å²) < 4.78 is 20.9. The van der Waals surface area contributed by atoms with Crippen LogP contribution in [-0.4, -0.2) is 64.0 Å². The summed E-state index contributed by atoms with van der Waals surface area (Å²) in [6, 6.07) is 0. The van der Waals surface area contributed by atoms with Gasteiger partial charge in [-0.25, -0.2) is 0 Å². The van der Waals surface area contributed by atoms with E-state index in [1.807, 2.05) is 4.90 Å².